The van der Waals surface area contributed by atoms with Crippen molar-refractivity contribution in [3.05, 3.63) is 104 Å². The number of aliphatic imine (C=N–C) groups is 1. The van der Waals surface area contributed by atoms with E-state index in [4.69, 9.17) is 14.2 Å². The van der Waals surface area contributed by atoms with Gasteiger partial charge in [0.2, 0.25) is 5.90 Å². The fourth-order valence-corrected chi connectivity index (χ4v) is 3.98. The Balaban J connectivity index is 1.55. The van der Waals surface area contributed by atoms with Gasteiger partial charge in [-0.15, -0.1) is 0 Å². The molecular weight excluding hydrogens is 516 g/mol. The standard InChI is InChI=1S/C26H21BrN2O6/c1-2-33-23-16-18(14-21(27)24(23)34-13-12-17-6-4-3-5-7-17)15-22-26(30)35-25(28-22)19-8-10-20(11-9-19)29(31)32/h3-11,14-16H,2,12-13H2,1H3/b22-15-. The van der Waals surface area contributed by atoms with Crippen LogP contribution in [0.4, 0.5) is 5.69 Å². The lowest BCUT2D eigenvalue weighted by molar-refractivity contribution is -0.384. The van der Waals surface area contributed by atoms with Crippen molar-refractivity contribution in [2.24, 2.45) is 4.99 Å². The number of nitro groups is 1. The van der Waals surface area contributed by atoms with Crippen molar-refractivity contribution in [1.29, 1.82) is 0 Å². The van der Waals surface area contributed by atoms with Crippen LogP contribution in [0.2, 0.25) is 0 Å². The number of hydrogen-bond acceptors (Lipinski definition) is 7. The van der Waals surface area contributed by atoms with Crippen molar-refractivity contribution in [3.8, 4) is 11.5 Å². The summed E-state index contributed by atoms with van der Waals surface area (Å²) in [6, 6.07) is 19.2. The normalized spacial score (nSPS) is 13.9. The average molecular weight is 537 g/mol. The summed E-state index contributed by atoms with van der Waals surface area (Å²) in [5.74, 6) is 0.582. The first-order valence-electron chi connectivity index (χ1n) is 10.8. The first-order valence-corrected chi connectivity index (χ1v) is 11.6. The summed E-state index contributed by atoms with van der Waals surface area (Å²) in [5, 5.41) is 10.8. The highest BCUT2D eigenvalue weighted by molar-refractivity contribution is 9.10. The third kappa shape index (κ3) is 5.93. The van der Waals surface area contributed by atoms with Gasteiger partial charge in [0.05, 0.1) is 22.6 Å². The highest BCUT2D eigenvalue weighted by Crippen LogP contribution is 2.38. The second-order valence-electron chi connectivity index (χ2n) is 7.49. The Morgan fingerprint density at radius 2 is 1.83 bits per heavy atom. The molecule has 1 heterocycles. The van der Waals surface area contributed by atoms with Crippen LogP contribution < -0.4 is 9.47 Å². The fourth-order valence-electron chi connectivity index (χ4n) is 3.41. The Bertz CT molecular complexity index is 1300. The van der Waals surface area contributed by atoms with E-state index in [0.29, 0.717) is 40.3 Å². The molecule has 1 aliphatic rings. The summed E-state index contributed by atoms with van der Waals surface area (Å²) in [6.45, 7) is 2.78. The lowest BCUT2D eigenvalue weighted by Gasteiger charge is -2.15. The molecule has 9 heteroatoms. The number of esters is 1. The minimum absolute atomic E-state index is 0.0613. The lowest BCUT2D eigenvalue weighted by Crippen LogP contribution is -2.05. The molecule has 0 bridgehead atoms. The number of rotatable bonds is 9. The van der Waals surface area contributed by atoms with Gasteiger partial charge in [-0.2, -0.15) is 0 Å². The van der Waals surface area contributed by atoms with Crippen molar-refractivity contribution in [1.82, 2.24) is 0 Å². The van der Waals surface area contributed by atoms with E-state index in [1.54, 1.807) is 18.2 Å². The quantitative estimate of drug-likeness (QED) is 0.150. The molecule has 35 heavy (non-hydrogen) atoms. The van der Waals surface area contributed by atoms with Gasteiger partial charge in [0, 0.05) is 24.1 Å². The fraction of sp³-hybridized carbons (Fsp3) is 0.154. The van der Waals surface area contributed by atoms with Crippen LogP contribution >= 0.6 is 15.9 Å². The molecule has 3 aromatic carbocycles. The summed E-state index contributed by atoms with van der Waals surface area (Å²) in [4.78, 5) is 27.0. The van der Waals surface area contributed by atoms with Crippen LogP contribution in [0, 0.1) is 10.1 Å². The molecule has 0 radical (unpaired) electrons. The molecule has 0 atom stereocenters. The first-order chi connectivity index (χ1) is 16.9. The zero-order chi connectivity index (χ0) is 24.8. The van der Waals surface area contributed by atoms with Gasteiger partial charge < -0.3 is 14.2 Å². The van der Waals surface area contributed by atoms with Crippen LogP contribution in [0.5, 0.6) is 11.5 Å². The van der Waals surface area contributed by atoms with Gasteiger partial charge in [0.25, 0.3) is 5.69 Å². The molecule has 8 nitrogen and oxygen atoms in total. The van der Waals surface area contributed by atoms with E-state index in [9.17, 15) is 14.9 Å². The summed E-state index contributed by atoms with van der Waals surface area (Å²) in [6.07, 6.45) is 2.33. The molecule has 4 rings (SSSR count). The second-order valence-corrected chi connectivity index (χ2v) is 8.34. The molecule has 0 aliphatic carbocycles. The van der Waals surface area contributed by atoms with Gasteiger partial charge in [-0.3, -0.25) is 10.1 Å². The smallest absolute Gasteiger partial charge is 0.363 e. The topological polar surface area (TPSA) is 100 Å². The Morgan fingerprint density at radius 1 is 1.09 bits per heavy atom. The maximum atomic E-state index is 12.4. The molecular formula is C26H21BrN2O6. The van der Waals surface area contributed by atoms with E-state index in [1.807, 2.05) is 37.3 Å². The van der Waals surface area contributed by atoms with Crippen molar-refractivity contribution in [2.75, 3.05) is 13.2 Å². The SMILES string of the molecule is CCOc1cc(/C=C2\N=C(c3ccc([N+](=O)[O-])cc3)OC2=O)cc(Br)c1OCCc1ccccc1. The van der Waals surface area contributed by atoms with E-state index in [1.165, 1.54) is 29.8 Å². The van der Waals surface area contributed by atoms with Crippen LogP contribution in [-0.4, -0.2) is 30.0 Å². The minimum Gasteiger partial charge on any atom is -0.490 e. The predicted octanol–water partition coefficient (Wildman–Crippen LogP) is 5.72. The van der Waals surface area contributed by atoms with Crippen molar-refractivity contribution < 1.29 is 23.9 Å². The second kappa shape index (κ2) is 11.0. The largest absolute Gasteiger partial charge is 0.490 e. The van der Waals surface area contributed by atoms with Gasteiger partial charge in [-0.25, -0.2) is 9.79 Å². The van der Waals surface area contributed by atoms with Crippen molar-refractivity contribution in [3.63, 3.8) is 0 Å². The molecule has 0 amide bonds. The predicted molar refractivity (Wildman–Crippen MR) is 135 cm³/mol. The Kier molecular flexibility index (Phi) is 7.57. The molecule has 0 spiro atoms. The van der Waals surface area contributed by atoms with E-state index in [0.717, 1.165) is 6.42 Å². The number of ether oxygens (including phenoxy) is 3. The maximum absolute atomic E-state index is 12.4. The molecule has 0 saturated carbocycles. The van der Waals surface area contributed by atoms with Crippen LogP contribution in [0.1, 0.15) is 23.6 Å². The van der Waals surface area contributed by atoms with Crippen LogP contribution in [-0.2, 0) is 16.0 Å². The van der Waals surface area contributed by atoms with Crippen molar-refractivity contribution in [2.45, 2.75) is 13.3 Å². The average Bonchev–Trinajstić information content (AvgIpc) is 3.21. The number of cyclic esters (lactones) is 1. The van der Waals surface area contributed by atoms with Crippen LogP contribution in [0.25, 0.3) is 6.08 Å². The minimum atomic E-state index is -0.615. The molecule has 1 aliphatic heterocycles. The Labute approximate surface area is 210 Å². The zero-order valence-electron chi connectivity index (χ0n) is 18.8. The molecule has 178 valence electrons. The van der Waals surface area contributed by atoms with E-state index in [2.05, 4.69) is 20.9 Å². The van der Waals surface area contributed by atoms with Gasteiger partial charge in [-0.1, -0.05) is 30.3 Å². The molecule has 0 unspecified atom stereocenters. The number of halogens is 1. The Morgan fingerprint density at radius 3 is 2.51 bits per heavy atom. The highest BCUT2D eigenvalue weighted by Gasteiger charge is 2.25. The number of non-ortho nitro benzene ring substituents is 1. The summed E-state index contributed by atoms with van der Waals surface area (Å²) >= 11 is 3.54. The van der Waals surface area contributed by atoms with E-state index < -0.39 is 10.9 Å². The molecule has 0 saturated heterocycles. The third-order valence-electron chi connectivity index (χ3n) is 5.06. The van der Waals surface area contributed by atoms with Crippen LogP contribution in [0.15, 0.2) is 81.9 Å². The van der Waals surface area contributed by atoms with Crippen molar-refractivity contribution >= 4 is 39.6 Å². The van der Waals surface area contributed by atoms with Crippen LogP contribution in [0.3, 0.4) is 0 Å². The zero-order valence-corrected chi connectivity index (χ0v) is 20.4. The molecule has 0 fully saturated rings. The van der Waals surface area contributed by atoms with E-state index in [-0.39, 0.29) is 17.3 Å². The van der Waals surface area contributed by atoms with Gasteiger partial charge in [0.15, 0.2) is 17.2 Å². The maximum Gasteiger partial charge on any atom is 0.363 e. The number of hydrogen-bond donors (Lipinski definition) is 0. The molecule has 3 aromatic rings. The highest BCUT2D eigenvalue weighted by atomic mass is 79.9. The number of benzene rings is 3. The van der Waals surface area contributed by atoms with E-state index >= 15 is 0 Å². The lowest BCUT2D eigenvalue weighted by atomic mass is 10.1. The first kappa shape index (κ1) is 24.2. The monoisotopic (exact) mass is 536 g/mol. The molecule has 0 N–H and O–H groups in total. The summed E-state index contributed by atoms with van der Waals surface area (Å²) < 4.78 is 17.7. The third-order valence-corrected chi connectivity index (χ3v) is 5.65. The van der Waals surface area contributed by atoms with Gasteiger partial charge in [0.1, 0.15) is 0 Å². The Hall–Kier alpha value is -3.98. The summed E-state index contributed by atoms with van der Waals surface area (Å²) in [7, 11) is 0. The molecule has 0 aromatic heterocycles. The number of nitrogens with zero attached hydrogens (tertiary/aromatic N) is 2. The number of nitro benzene ring substituents is 1. The summed E-state index contributed by atoms with van der Waals surface area (Å²) in [5.41, 5.74) is 2.34. The number of carbonyl (C=O) groups excluding carboxylic acids is 1. The number of carbonyl (C=O) groups is 1. The van der Waals surface area contributed by atoms with Gasteiger partial charge in [-0.05, 0) is 64.3 Å². The van der Waals surface area contributed by atoms with Gasteiger partial charge >= 0.3 is 5.97 Å².